The Morgan fingerprint density at radius 1 is 1.02 bits per heavy atom. The van der Waals surface area contributed by atoms with Crippen molar-refractivity contribution in [2.45, 2.75) is 117 Å². The van der Waals surface area contributed by atoms with Crippen molar-refractivity contribution in [1.29, 1.82) is 0 Å². The Bertz CT molecular complexity index is 1300. The first-order valence-electron chi connectivity index (χ1n) is 16.4. The molecule has 2 fully saturated rings. The highest BCUT2D eigenvalue weighted by atomic mass is 32.1. The van der Waals surface area contributed by atoms with E-state index in [1.807, 2.05) is 78.8 Å². The van der Waals surface area contributed by atoms with Gasteiger partial charge in [-0.2, -0.15) is 0 Å². The first kappa shape index (κ1) is 35.0. The molecule has 9 nitrogen and oxygen atoms in total. The van der Waals surface area contributed by atoms with Gasteiger partial charge in [0.15, 0.2) is 0 Å². The average Bonchev–Trinajstić information content (AvgIpc) is 3.40. The lowest BCUT2D eigenvalue weighted by Crippen LogP contribution is -2.61. The molecule has 45 heavy (non-hydrogen) atoms. The smallest absolute Gasteiger partial charge is 0.271 e. The Hall–Kier alpha value is -2.82. The predicted octanol–water partition coefficient (Wildman–Crippen LogP) is 4.48. The van der Waals surface area contributed by atoms with Crippen molar-refractivity contribution in [3.63, 3.8) is 0 Å². The number of amides is 3. The molecule has 4 rings (SSSR count). The van der Waals surface area contributed by atoms with Gasteiger partial charge >= 0.3 is 0 Å². The van der Waals surface area contributed by atoms with E-state index in [9.17, 15) is 19.5 Å². The van der Waals surface area contributed by atoms with Gasteiger partial charge in [-0.1, -0.05) is 70.4 Å². The minimum Gasteiger partial charge on any atom is -0.390 e. The molecule has 1 aromatic carbocycles. The van der Waals surface area contributed by atoms with E-state index in [2.05, 4.69) is 25.8 Å². The highest BCUT2D eigenvalue weighted by Crippen LogP contribution is 2.39. The van der Waals surface area contributed by atoms with E-state index in [-0.39, 0.29) is 35.6 Å². The third kappa shape index (κ3) is 9.83. The number of thiazole rings is 1. The number of hydrogen-bond donors (Lipinski definition) is 4. The van der Waals surface area contributed by atoms with Crippen LogP contribution in [0.4, 0.5) is 0 Å². The second-order valence-electron chi connectivity index (χ2n) is 15.1. The largest absolute Gasteiger partial charge is 0.390 e. The molecule has 3 amide bonds. The van der Waals surface area contributed by atoms with E-state index in [4.69, 9.17) is 0 Å². The number of aliphatic hydroxyl groups is 1. The Balaban J connectivity index is 1.56. The molecule has 1 aliphatic carbocycles. The number of likely N-dealkylation sites (tertiary alicyclic amines) is 1. The minimum absolute atomic E-state index is 0.00449. The van der Waals surface area contributed by atoms with E-state index >= 15 is 0 Å². The molecule has 2 heterocycles. The number of nitrogens with one attached hydrogen (secondary N) is 3. The molecule has 1 aromatic heterocycles. The molecule has 2 aliphatic rings. The van der Waals surface area contributed by atoms with Crippen molar-refractivity contribution in [1.82, 2.24) is 25.8 Å². The molecule has 2 aromatic rings. The fourth-order valence-corrected chi connectivity index (χ4v) is 7.35. The lowest BCUT2D eigenvalue weighted by molar-refractivity contribution is -0.133. The summed E-state index contributed by atoms with van der Waals surface area (Å²) in [5.74, 6) is 0.241. The van der Waals surface area contributed by atoms with Crippen molar-refractivity contribution < 1.29 is 19.5 Å². The second-order valence-corrected chi connectivity index (χ2v) is 16.2. The van der Waals surface area contributed by atoms with Crippen LogP contribution in [0.25, 0.3) is 0 Å². The van der Waals surface area contributed by atoms with Gasteiger partial charge in [0.1, 0.15) is 11.7 Å². The van der Waals surface area contributed by atoms with Crippen molar-refractivity contribution in [2.75, 3.05) is 13.1 Å². The van der Waals surface area contributed by atoms with Gasteiger partial charge in [0, 0.05) is 24.0 Å². The molecule has 1 aliphatic heterocycles. The number of piperidine rings is 1. The van der Waals surface area contributed by atoms with Crippen LogP contribution in [0.5, 0.6) is 0 Å². The topological polar surface area (TPSA) is 124 Å². The molecule has 248 valence electrons. The van der Waals surface area contributed by atoms with E-state index in [1.165, 1.54) is 24.2 Å². The van der Waals surface area contributed by atoms with Gasteiger partial charge in [0.05, 0.1) is 23.2 Å². The molecular weight excluding hydrogens is 586 g/mol. The van der Waals surface area contributed by atoms with Gasteiger partial charge in [0.25, 0.3) is 5.91 Å². The summed E-state index contributed by atoms with van der Waals surface area (Å²) in [6.07, 6.45) is 4.93. The fraction of sp³-hybridized carbons (Fsp3) is 0.657. The third-order valence-corrected chi connectivity index (χ3v) is 9.84. The molecule has 0 radical (unpaired) electrons. The lowest BCUT2D eigenvalue weighted by Gasteiger charge is -2.47. The SMILES string of the molecule is Cc1nc(C(=O)N[C@H](C(=O)N[C@@H](Cc2ccccc2)[C@H](O)CN2CC3CCCC[C@H]3C[C@H]2C(=O)NC(C)(C)C)C(C)(C)C)cs1. The zero-order valence-corrected chi connectivity index (χ0v) is 28.9. The molecule has 1 saturated carbocycles. The minimum atomic E-state index is -0.947. The van der Waals surface area contributed by atoms with Gasteiger partial charge in [0.2, 0.25) is 11.8 Å². The van der Waals surface area contributed by atoms with Crippen LogP contribution < -0.4 is 16.0 Å². The highest BCUT2D eigenvalue weighted by Gasteiger charge is 2.42. The van der Waals surface area contributed by atoms with E-state index in [0.717, 1.165) is 36.4 Å². The normalized spacial score (nSPS) is 22.9. The first-order valence-corrected chi connectivity index (χ1v) is 17.3. The van der Waals surface area contributed by atoms with E-state index in [0.29, 0.717) is 18.3 Å². The highest BCUT2D eigenvalue weighted by molar-refractivity contribution is 7.09. The third-order valence-electron chi connectivity index (χ3n) is 9.07. The summed E-state index contributed by atoms with van der Waals surface area (Å²) in [7, 11) is 0. The summed E-state index contributed by atoms with van der Waals surface area (Å²) in [5, 5.41) is 23.5. The summed E-state index contributed by atoms with van der Waals surface area (Å²) in [6, 6.07) is 7.93. The summed E-state index contributed by atoms with van der Waals surface area (Å²) in [5.41, 5.74) is 0.292. The van der Waals surface area contributed by atoms with E-state index in [1.54, 1.807) is 5.38 Å². The number of fused-ring (bicyclic) bond motifs is 1. The van der Waals surface area contributed by atoms with Crippen molar-refractivity contribution in [3.8, 4) is 0 Å². The van der Waals surface area contributed by atoms with Crippen LogP contribution in [-0.2, 0) is 16.0 Å². The van der Waals surface area contributed by atoms with Crippen molar-refractivity contribution in [2.24, 2.45) is 17.3 Å². The quantitative estimate of drug-likeness (QED) is 0.304. The van der Waals surface area contributed by atoms with Crippen LogP contribution in [-0.4, -0.2) is 75.6 Å². The average molecular weight is 640 g/mol. The summed E-state index contributed by atoms with van der Waals surface area (Å²) in [4.78, 5) is 47.0. The lowest BCUT2D eigenvalue weighted by atomic mass is 9.72. The number of carbonyl (C=O) groups excluding carboxylic acids is 3. The number of rotatable bonds is 10. The summed E-state index contributed by atoms with van der Waals surface area (Å²) in [6.45, 7) is 14.5. The van der Waals surface area contributed by atoms with Gasteiger partial charge < -0.3 is 21.1 Å². The van der Waals surface area contributed by atoms with Crippen LogP contribution >= 0.6 is 11.3 Å². The predicted molar refractivity (Wildman–Crippen MR) is 179 cm³/mol. The number of aromatic nitrogens is 1. The van der Waals surface area contributed by atoms with Crippen molar-refractivity contribution >= 4 is 29.1 Å². The molecule has 6 atom stereocenters. The molecule has 0 spiro atoms. The standard InChI is InChI=1S/C35H53N5O4S/c1-22-36-27(21-45-22)31(42)38-30(34(2,3)4)33(44)37-26(17-23-13-9-8-10-14-23)29(41)20-40-19-25-16-12-11-15-24(25)18-28(40)32(43)39-35(5,6)7/h8-10,13-14,21,24-26,28-30,41H,11-12,15-20H2,1-7H3,(H,37,44)(H,38,42)(H,39,43)/t24-,25?,26-,28-,29+,30+/m0/s1. The van der Waals surface area contributed by atoms with Gasteiger partial charge in [-0.25, -0.2) is 4.98 Å². The molecule has 0 bridgehead atoms. The zero-order valence-electron chi connectivity index (χ0n) is 28.1. The number of aliphatic hydroxyl groups excluding tert-OH is 1. The van der Waals surface area contributed by atoms with Crippen LogP contribution in [0.15, 0.2) is 35.7 Å². The zero-order chi connectivity index (χ0) is 32.9. The maximum Gasteiger partial charge on any atom is 0.271 e. The molecule has 4 N–H and O–H groups in total. The van der Waals surface area contributed by atoms with Gasteiger partial charge in [-0.15, -0.1) is 11.3 Å². The van der Waals surface area contributed by atoms with E-state index < -0.39 is 29.5 Å². The van der Waals surface area contributed by atoms with Crippen LogP contribution in [0, 0.1) is 24.2 Å². The second kappa shape index (κ2) is 14.7. The fourth-order valence-electron chi connectivity index (χ4n) is 6.76. The summed E-state index contributed by atoms with van der Waals surface area (Å²) >= 11 is 1.38. The number of carbonyl (C=O) groups is 3. The summed E-state index contributed by atoms with van der Waals surface area (Å²) < 4.78 is 0. The van der Waals surface area contributed by atoms with Gasteiger partial charge in [-0.05, 0) is 69.8 Å². The Morgan fingerprint density at radius 3 is 2.29 bits per heavy atom. The Labute approximate surface area is 273 Å². The number of aryl methyl sites for hydroxylation is 1. The Kier molecular flexibility index (Phi) is 11.5. The van der Waals surface area contributed by atoms with Crippen LogP contribution in [0.3, 0.4) is 0 Å². The molecule has 1 unspecified atom stereocenters. The molecule has 10 heteroatoms. The van der Waals surface area contributed by atoms with Gasteiger partial charge in [-0.3, -0.25) is 19.3 Å². The number of β-amino-alcohol motifs (C(OH)–C–C–N with tert-alkyl or cyclic N) is 1. The van der Waals surface area contributed by atoms with Crippen LogP contribution in [0.1, 0.15) is 94.7 Å². The number of benzene rings is 1. The number of nitrogens with zero attached hydrogens (tertiary/aromatic N) is 2. The molecular formula is C35H53N5O4S. The van der Waals surface area contributed by atoms with Crippen molar-refractivity contribution in [3.05, 3.63) is 52.0 Å². The van der Waals surface area contributed by atoms with Crippen LogP contribution in [0.2, 0.25) is 0 Å². The monoisotopic (exact) mass is 639 g/mol. The Morgan fingerprint density at radius 2 is 1.69 bits per heavy atom. The maximum absolute atomic E-state index is 13.9. The number of hydrogen-bond acceptors (Lipinski definition) is 7. The molecule has 1 saturated heterocycles. The first-order chi connectivity index (χ1) is 21.1. The maximum atomic E-state index is 13.9.